The lowest BCUT2D eigenvalue weighted by molar-refractivity contribution is -0.230. The molecule has 2 atom stereocenters. The van der Waals surface area contributed by atoms with Crippen LogP contribution in [0.15, 0.2) is 36.5 Å². The van der Waals surface area contributed by atoms with Gasteiger partial charge in [0.15, 0.2) is 6.10 Å². The summed E-state index contributed by atoms with van der Waals surface area (Å²) in [5.74, 6) is -4.44. The van der Waals surface area contributed by atoms with E-state index in [1.165, 1.54) is 23.1 Å². The molecule has 1 aromatic carbocycles. The molecule has 0 bridgehead atoms. The third kappa shape index (κ3) is 7.08. The molecule has 0 saturated carbocycles. The van der Waals surface area contributed by atoms with E-state index in [2.05, 4.69) is 25.1 Å². The summed E-state index contributed by atoms with van der Waals surface area (Å²) in [7, 11) is -4.64. The minimum atomic E-state index is -4.64. The summed E-state index contributed by atoms with van der Waals surface area (Å²) >= 11 is 0. The molecular weight excluding hydrogens is 543 g/mol. The van der Waals surface area contributed by atoms with E-state index in [9.17, 15) is 27.5 Å². The Balaban J connectivity index is 0.000000732. The highest BCUT2D eigenvalue weighted by Gasteiger charge is 2.53. The lowest BCUT2D eigenvalue weighted by Gasteiger charge is -2.22. The second kappa shape index (κ2) is 11.5. The number of hydrogen-bond acceptors (Lipinski definition) is 8. The zero-order valence-corrected chi connectivity index (χ0v) is 20.3. The second-order valence-electron chi connectivity index (χ2n) is 7.83. The van der Waals surface area contributed by atoms with E-state index >= 15 is 0 Å². The molecule has 206 valence electrons. The average Bonchev–Trinajstić information content (AvgIpc) is 3.45. The van der Waals surface area contributed by atoms with Gasteiger partial charge in [0.05, 0.1) is 18.8 Å². The number of carbonyl (C=O) groups excluding carboxylic acids is 1. The number of halogens is 4. The molecule has 4 N–H and O–H groups in total. The van der Waals surface area contributed by atoms with Crippen molar-refractivity contribution in [2.75, 3.05) is 11.4 Å². The van der Waals surface area contributed by atoms with Crippen LogP contribution in [-0.2, 0) is 15.8 Å². The maximum Gasteiger partial charge on any atom is 0.466 e. The van der Waals surface area contributed by atoms with Crippen LogP contribution in [0.25, 0.3) is 22.6 Å². The Hall–Kier alpha value is -3.50. The van der Waals surface area contributed by atoms with Gasteiger partial charge in [-0.1, -0.05) is 13.0 Å². The first-order valence-electron chi connectivity index (χ1n) is 10.7. The number of amides is 1. The highest BCUT2D eigenvalue weighted by atomic mass is 31.2. The number of aryl methyl sites for hydroxylation is 1. The fourth-order valence-corrected chi connectivity index (χ4v) is 3.26. The largest absolute Gasteiger partial charge is 0.466 e. The van der Waals surface area contributed by atoms with Crippen molar-refractivity contribution in [3.63, 3.8) is 0 Å². The standard InChI is InChI=1S/C20H18F4N6O3.H3O4P/c1-2-7-30-27-17(26-28-30)15-6-3-11(9-25-15)13-5-4-12(8-14(13)21)29-10-16(33-19(29)31)20(24,32)18(22)23;1-5(2,3)4/h3-6,8-9,16,18,32H,2,7,10H2,1H3;(H3,1,2,3,4). The van der Waals surface area contributed by atoms with Gasteiger partial charge >= 0.3 is 19.8 Å². The molecule has 1 aliphatic rings. The number of alkyl halides is 3. The zero-order chi connectivity index (χ0) is 28.3. The molecule has 0 radical (unpaired) electrons. The molecule has 0 aliphatic carbocycles. The highest BCUT2D eigenvalue weighted by Crippen LogP contribution is 2.33. The Bertz CT molecular complexity index is 1310. The molecule has 0 spiro atoms. The molecule has 38 heavy (non-hydrogen) atoms. The molecule has 4 rings (SSSR count). The van der Waals surface area contributed by atoms with E-state index in [4.69, 9.17) is 19.2 Å². The predicted molar refractivity (Wildman–Crippen MR) is 121 cm³/mol. The maximum absolute atomic E-state index is 14.8. The number of aliphatic hydroxyl groups is 1. The summed E-state index contributed by atoms with van der Waals surface area (Å²) in [5.41, 5.74) is 0.970. The molecular formula is C20H21F4N6O7P. The Kier molecular flexibility index (Phi) is 8.79. The van der Waals surface area contributed by atoms with E-state index in [1.54, 1.807) is 12.1 Å². The van der Waals surface area contributed by atoms with Gasteiger partial charge in [0, 0.05) is 17.3 Å². The fourth-order valence-electron chi connectivity index (χ4n) is 3.26. The Morgan fingerprint density at radius 3 is 2.47 bits per heavy atom. The highest BCUT2D eigenvalue weighted by molar-refractivity contribution is 7.45. The van der Waals surface area contributed by atoms with Crippen LogP contribution in [0.5, 0.6) is 0 Å². The van der Waals surface area contributed by atoms with Crippen molar-refractivity contribution in [3.05, 3.63) is 42.3 Å². The van der Waals surface area contributed by atoms with Crippen LogP contribution in [-0.4, -0.2) is 76.0 Å². The van der Waals surface area contributed by atoms with Crippen LogP contribution >= 0.6 is 7.82 Å². The SMILES string of the molecule is CCCn1nnc(-c2ccc(-c3ccc(N4CC(C(O)(F)C(F)F)OC4=O)cc3F)cn2)n1.O=P(O)(O)O. The third-order valence-electron chi connectivity index (χ3n) is 5.01. The van der Waals surface area contributed by atoms with Crippen LogP contribution in [0.3, 0.4) is 0 Å². The summed E-state index contributed by atoms with van der Waals surface area (Å²) in [6.45, 7) is 1.88. The maximum atomic E-state index is 14.8. The number of ether oxygens (including phenoxy) is 1. The number of rotatable bonds is 7. The first-order valence-corrected chi connectivity index (χ1v) is 12.3. The topological polar surface area (TPSA) is 184 Å². The zero-order valence-electron chi connectivity index (χ0n) is 19.4. The summed E-state index contributed by atoms with van der Waals surface area (Å²) < 4.78 is 67.3. The van der Waals surface area contributed by atoms with Crippen molar-refractivity contribution >= 4 is 19.6 Å². The number of hydrogen-bond donors (Lipinski definition) is 4. The molecule has 1 amide bonds. The number of nitrogens with zero attached hydrogens (tertiary/aromatic N) is 6. The lowest BCUT2D eigenvalue weighted by atomic mass is 10.1. The number of anilines is 1. The number of aromatic nitrogens is 5. The molecule has 1 fully saturated rings. The second-order valence-corrected chi connectivity index (χ2v) is 8.86. The Morgan fingerprint density at radius 2 is 1.92 bits per heavy atom. The van der Waals surface area contributed by atoms with E-state index in [1.807, 2.05) is 6.92 Å². The Morgan fingerprint density at radius 1 is 1.24 bits per heavy atom. The van der Waals surface area contributed by atoms with Gasteiger partial charge in [0.2, 0.25) is 5.82 Å². The number of phosphoric acid groups is 1. The van der Waals surface area contributed by atoms with Gasteiger partial charge in [-0.15, -0.1) is 10.2 Å². The molecule has 18 heteroatoms. The van der Waals surface area contributed by atoms with Crippen molar-refractivity contribution in [2.45, 2.75) is 38.3 Å². The summed E-state index contributed by atoms with van der Waals surface area (Å²) in [5, 5.41) is 21.3. The number of benzene rings is 1. The van der Waals surface area contributed by atoms with Crippen LogP contribution in [0, 0.1) is 5.82 Å². The normalized spacial score (nSPS) is 17.2. The number of tetrazole rings is 1. The van der Waals surface area contributed by atoms with E-state index in [0.29, 0.717) is 23.6 Å². The van der Waals surface area contributed by atoms with Gasteiger partial charge in [-0.3, -0.25) is 9.88 Å². The van der Waals surface area contributed by atoms with Gasteiger partial charge < -0.3 is 24.5 Å². The van der Waals surface area contributed by atoms with Gasteiger partial charge in [0.1, 0.15) is 11.5 Å². The fraction of sp³-hybridized carbons (Fsp3) is 0.350. The van der Waals surface area contributed by atoms with Crippen LogP contribution in [0.2, 0.25) is 0 Å². The first-order chi connectivity index (χ1) is 17.7. The van der Waals surface area contributed by atoms with E-state index < -0.39 is 44.7 Å². The van der Waals surface area contributed by atoms with Gasteiger partial charge in [-0.05, 0) is 35.9 Å². The monoisotopic (exact) mass is 564 g/mol. The Labute approximate surface area is 211 Å². The molecule has 3 heterocycles. The van der Waals surface area contributed by atoms with E-state index in [0.717, 1.165) is 17.4 Å². The summed E-state index contributed by atoms with van der Waals surface area (Å²) in [6.07, 6.45) is -4.82. The smallest absolute Gasteiger partial charge is 0.438 e. The number of pyridine rings is 1. The van der Waals surface area contributed by atoms with Crippen molar-refractivity contribution in [1.82, 2.24) is 25.2 Å². The van der Waals surface area contributed by atoms with Gasteiger partial charge in [-0.25, -0.2) is 26.9 Å². The van der Waals surface area contributed by atoms with Crippen LogP contribution in [0.1, 0.15) is 13.3 Å². The number of carbonyl (C=O) groups is 1. The lowest BCUT2D eigenvalue weighted by Crippen LogP contribution is -2.46. The van der Waals surface area contributed by atoms with Gasteiger partial charge in [0.25, 0.3) is 6.43 Å². The molecule has 1 aliphatic heterocycles. The van der Waals surface area contributed by atoms with Crippen molar-refractivity contribution < 1.29 is 51.4 Å². The molecule has 2 unspecified atom stereocenters. The van der Waals surface area contributed by atoms with Crippen molar-refractivity contribution in [2.24, 2.45) is 0 Å². The third-order valence-corrected chi connectivity index (χ3v) is 5.01. The summed E-state index contributed by atoms with van der Waals surface area (Å²) in [6, 6.07) is 6.88. The molecule has 2 aromatic heterocycles. The molecule has 13 nitrogen and oxygen atoms in total. The van der Waals surface area contributed by atoms with Crippen LogP contribution < -0.4 is 4.90 Å². The van der Waals surface area contributed by atoms with Gasteiger partial charge in [-0.2, -0.15) is 4.80 Å². The van der Waals surface area contributed by atoms with E-state index in [-0.39, 0.29) is 11.3 Å². The quantitative estimate of drug-likeness (QED) is 0.244. The number of cyclic esters (lactones) is 1. The van der Waals surface area contributed by atoms with Crippen molar-refractivity contribution in [3.8, 4) is 22.6 Å². The minimum Gasteiger partial charge on any atom is -0.438 e. The van der Waals surface area contributed by atoms with Crippen molar-refractivity contribution in [1.29, 1.82) is 0 Å². The minimum absolute atomic E-state index is 0.0462. The first kappa shape index (κ1) is 29.1. The average molecular weight is 564 g/mol. The predicted octanol–water partition coefficient (Wildman–Crippen LogP) is 2.27. The molecule has 1 saturated heterocycles. The van der Waals surface area contributed by atoms with Crippen LogP contribution in [0.4, 0.5) is 28.0 Å². The molecule has 3 aromatic rings. The summed E-state index contributed by atoms with van der Waals surface area (Å²) in [4.78, 5) is 40.0.